The van der Waals surface area contributed by atoms with Crippen LogP contribution in [0.5, 0.6) is 0 Å². The first-order valence-corrected chi connectivity index (χ1v) is 34.6. The third kappa shape index (κ3) is 65.4. The first kappa shape index (κ1) is 76.6. The smallest absolute Gasteiger partial charge is 0.306 e. The summed E-state index contributed by atoms with van der Waals surface area (Å²) >= 11 is 0. The van der Waals surface area contributed by atoms with E-state index < -0.39 is 6.10 Å². The molecule has 0 saturated carbocycles. The molecule has 1 unspecified atom stereocenters. The fourth-order valence-electron chi connectivity index (χ4n) is 9.97. The molecule has 0 aliphatic rings. The van der Waals surface area contributed by atoms with Crippen LogP contribution in [0.3, 0.4) is 0 Å². The topological polar surface area (TPSA) is 78.9 Å². The average molecular weight is 1120 g/mol. The van der Waals surface area contributed by atoms with Gasteiger partial charge in [-0.2, -0.15) is 0 Å². The summed E-state index contributed by atoms with van der Waals surface area (Å²) in [6, 6.07) is 0. The molecule has 0 saturated heterocycles. The Balaban J connectivity index is 4.33. The SMILES string of the molecule is CC/C=C\C/C=C\C/C=C\C/C=C\C/C=C\CCCCCC(=O)OC(COC(=O)CCCCCCCCCCCCCCCCCC)COC(=O)CCCCCCCCCCCCCCCCC/C=C\C/C=C\CCCCCCC. The Bertz CT molecular complexity index is 1520. The normalized spacial score (nSPS) is 12.6. The van der Waals surface area contributed by atoms with Crippen LogP contribution in [0.2, 0.25) is 0 Å². The van der Waals surface area contributed by atoms with E-state index in [2.05, 4.69) is 106 Å². The molecule has 0 aromatic rings. The lowest BCUT2D eigenvalue weighted by Gasteiger charge is -2.18. The van der Waals surface area contributed by atoms with Crippen LogP contribution in [-0.2, 0) is 28.6 Å². The summed E-state index contributed by atoms with van der Waals surface area (Å²) in [7, 11) is 0. The summed E-state index contributed by atoms with van der Waals surface area (Å²) in [4.78, 5) is 38.4. The number of unbranched alkanes of at least 4 members (excludes halogenated alkanes) is 38. The van der Waals surface area contributed by atoms with Crippen LogP contribution >= 0.6 is 0 Å². The van der Waals surface area contributed by atoms with Crippen molar-refractivity contribution in [1.82, 2.24) is 0 Å². The highest BCUT2D eigenvalue weighted by molar-refractivity contribution is 5.71. The third-order valence-corrected chi connectivity index (χ3v) is 15.1. The molecular formula is C74H130O6. The Kier molecular flexibility index (Phi) is 65.2. The number of allylic oxidation sites excluding steroid dienone is 14. The molecule has 0 heterocycles. The maximum absolute atomic E-state index is 12.9. The van der Waals surface area contributed by atoms with Crippen molar-refractivity contribution >= 4 is 17.9 Å². The van der Waals surface area contributed by atoms with Crippen LogP contribution in [0, 0.1) is 0 Å². The van der Waals surface area contributed by atoms with Crippen molar-refractivity contribution in [2.24, 2.45) is 0 Å². The van der Waals surface area contributed by atoms with E-state index in [0.29, 0.717) is 19.3 Å². The minimum absolute atomic E-state index is 0.0862. The summed E-state index contributed by atoms with van der Waals surface area (Å²) in [6.45, 7) is 6.54. The second-order valence-electron chi connectivity index (χ2n) is 23.1. The maximum atomic E-state index is 12.9. The molecule has 0 aromatic heterocycles. The molecule has 0 rings (SSSR count). The Morgan fingerprint density at radius 3 is 0.775 bits per heavy atom. The van der Waals surface area contributed by atoms with Gasteiger partial charge in [0.1, 0.15) is 13.2 Å². The van der Waals surface area contributed by atoms with E-state index in [0.717, 1.165) is 103 Å². The van der Waals surface area contributed by atoms with E-state index in [-0.39, 0.29) is 31.1 Å². The number of carbonyl (C=O) groups is 3. The van der Waals surface area contributed by atoms with Crippen molar-refractivity contribution < 1.29 is 28.6 Å². The van der Waals surface area contributed by atoms with Crippen molar-refractivity contribution in [3.05, 3.63) is 85.1 Å². The highest BCUT2D eigenvalue weighted by atomic mass is 16.6. The highest BCUT2D eigenvalue weighted by Gasteiger charge is 2.19. The Morgan fingerprint density at radius 2 is 0.487 bits per heavy atom. The lowest BCUT2D eigenvalue weighted by molar-refractivity contribution is -0.167. The van der Waals surface area contributed by atoms with Crippen molar-refractivity contribution in [2.45, 2.75) is 354 Å². The first-order valence-electron chi connectivity index (χ1n) is 34.6. The fraction of sp³-hybridized carbons (Fsp3) is 0.770. The molecular weight excluding hydrogens is 985 g/mol. The van der Waals surface area contributed by atoms with Crippen LogP contribution in [0.25, 0.3) is 0 Å². The number of esters is 3. The van der Waals surface area contributed by atoms with Gasteiger partial charge in [-0.1, -0.05) is 318 Å². The summed E-state index contributed by atoms with van der Waals surface area (Å²) in [5.41, 5.74) is 0. The average Bonchev–Trinajstić information content (AvgIpc) is 3.46. The molecule has 0 aliphatic heterocycles. The number of carbonyl (C=O) groups excluding carboxylic acids is 3. The lowest BCUT2D eigenvalue weighted by atomic mass is 10.0. The highest BCUT2D eigenvalue weighted by Crippen LogP contribution is 2.17. The van der Waals surface area contributed by atoms with E-state index in [1.807, 2.05) is 0 Å². The monoisotopic (exact) mass is 1110 g/mol. The first-order chi connectivity index (χ1) is 39.5. The van der Waals surface area contributed by atoms with Gasteiger partial charge in [0.05, 0.1) is 0 Å². The van der Waals surface area contributed by atoms with Gasteiger partial charge in [0.2, 0.25) is 0 Å². The lowest BCUT2D eigenvalue weighted by Crippen LogP contribution is -2.30. The van der Waals surface area contributed by atoms with Gasteiger partial charge in [-0.05, 0) is 96.3 Å². The predicted molar refractivity (Wildman–Crippen MR) is 348 cm³/mol. The van der Waals surface area contributed by atoms with Gasteiger partial charge in [0.15, 0.2) is 6.10 Å². The van der Waals surface area contributed by atoms with E-state index in [4.69, 9.17) is 14.2 Å². The van der Waals surface area contributed by atoms with Crippen LogP contribution < -0.4 is 0 Å². The quantitative estimate of drug-likeness (QED) is 0.0261. The summed E-state index contributed by atoms with van der Waals surface area (Å²) in [6.07, 6.45) is 90.3. The van der Waals surface area contributed by atoms with Crippen molar-refractivity contribution in [3.8, 4) is 0 Å². The second-order valence-corrected chi connectivity index (χ2v) is 23.1. The molecule has 0 N–H and O–H groups in total. The van der Waals surface area contributed by atoms with Crippen LogP contribution in [0.1, 0.15) is 348 Å². The molecule has 6 heteroatoms. The minimum Gasteiger partial charge on any atom is -0.462 e. The van der Waals surface area contributed by atoms with Gasteiger partial charge in [-0.3, -0.25) is 14.4 Å². The maximum Gasteiger partial charge on any atom is 0.306 e. The van der Waals surface area contributed by atoms with Gasteiger partial charge in [-0.15, -0.1) is 0 Å². The Morgan fingerprint density at radius 1 is 0.263 bits per heavy atom. The summed E-state index contributed by atoms with van der Waals surface area (Å²) < 4.78 is 17.0. The summed E-state index contributed by atoms with van der Waals surface area (Å²) in [5, 5.41) is 0. The third-order valence-electron chi connectivity index (χ3n) is 15.1. The molecule has 0 aromatic carbocycles. The molecule has 1 atom stereocenters. The summed E-state index contributed by atoms with van der Waals surface area (Å²) in [5.74, 6) is -0.900. The minimum atomic E-state index is -0.794. The van der Waals surface area contributed by atoms with Gasteiger partial charge < -0.3 is 14.2 Å². The molecule has 0 bridgehead atoms. The zero-order valence-electron chi connectivity index (χ0n) is 53.1. The second kappa shape index (κ2) is 68.1. The van der Waals surface area contributed by atoms with Gasteiger partial charge >= 0.3 is 17.9 Å². The van der Waals surface area contributed by atoms with Crippen LogP contribution in [-0.4, -0.2) is 37.2 Å². The van der Waals surface area contributed by atoms with Crippen LogP contribution in [0.15, 0.2) is 85.1 Å². The fourth-order valence-corrected chi connectivity index (χ4v) is 9.97. The molecule has 462 valence electrons. The molecule has 0 fully saturated rings. The van der Waals surface area contributed by atoms with E-state index in [9.17, 15) is 14.4 Å². The molecule has 0 radical (unpaired) electrons. The number of hydrogen-bond donors (Lipinski definition) is 0. The number of ether oxygens (including phenoxy) is 3. The van der Waals surface area contributed by atoms with E-state index >= 15 is 0 Å². The molecule has 0 aliphatic carbocycles. The van der Waals surface area contributed by atoms with Crippen molar-refractivity contribution in [2.75, 3.05) is 13.2 Å². The zero-order chi connectivity index (χ0) is 57.8. The Labute approximate surface area is 496 Å². The van der Waals surface area contributed by atoms with Gasteiger partial charge in [0, 0.05) is 19.3 Å². The molecule has 0 amide bonds. The van der Waals surface area contributed by atoms with Crippen LogP contribution in [0.4, 0.5) is 0 Å². The number of hydrogen-bond acceptors (Lipinski definition) is 6. The molecule has 0 spiro atoms. The molecule has 80 heavy (non-hydrogen) atoms. The van der Waals surface area contributed by atoms with E-state index in [1.165, 1.54) is 205 Å². The zero-order valence-corrected chi connectivity index (χ0v) is 53.1. The molecule has 6 nitrogen and oxygen atoms in total. The Hall–Kier alpha value is -3.41. The largest absolute Gasteiger partial charge is 0.462 e. The van der Waals surface area contributed by atoms with Crippen molar-refractivity contribution in [1.29, 1.82) is 0 Å². The standard InChI is InChI=1S/C74H130O6/c1-4-7-10-13-16-19-22-25-28-31-33-34-35-36-37-38-39-40-42-43-46-49-52-55-58-61-64-67-73(76)79-70-71(69-78-72(75)66-63-60-57-54-51-48-45-30-27-24-21-18-15-12-9-6-3)80-74(77)68-65-62-59-56-53-50-47-44-41-32-29-26-23-20-17-14-11-8-5-2/h8,11,17,20,22,25-26,29,31,33,41,44,50,53,71H,4-7,9-10,12-16,18-19,21,23-24,27-28,30,32,34-40,42-43,45-49,51-52,54-70H2,1-3H3/b11-8-,20-17-,25-22-,29-26-,33-31-,44-41-,53-50-. The number of rotatable bonds is 63. The van der Waals surface area contributed by atoms with Crippen molar-refractivity contribution in [3.63, 3.8) is 0 Å². The van der Waals surface area contributed by atoms with E-state index in [1.54, 1.807) is 0 Å². The van der Waals surface area contributed by atoms with Gasteiger partial charge in [-0.25, -0.2) is 0 Å². The van der Waals surface area contributed by atoms with Gasteiger partial charge in [0.25, 0.3) is 0 Å². The predicted octanol–water partition coefficient (Wildman–Crippen LogP) is 23.8.